The molecule has 3 rings (SSSR count). The molecule has 0 unspecified atom stereocenters. The van der Waals surface area contributed by atoms with E-state index in [2.05, 4.69) is 10.00 Å². The molecule has 0 bridgehead atoms. The van der Waals surface area contributed by atoms with Gasteiger partial charge in [-0.1, -0.05) is 0 Å². The average Bonchev–Trinajstić information content (AvgIpc) is 3.04. The van der Waals surface area contributed by atoms with Gasteiger partial charge in [-0.05, 0) is 17.7 Å². The summed E-state index contributed by atoms with van der Waals surface area (Å²) in [6.45, 7) is 4.09. The Morgan fingerprint density at radius 3 is 2.58 bits per heavy atom. The van der Waals surface area contributed by atoms with Crippen molar-refractivity contribution in [3.05, 3.63) is 46.8 Å². The van der Waals surface area contributed by atoms with Crippen molar-refractivity contribution in [3.63, 3.8) is 0 Å². The third-order valence-corrected chi connectivity index (χ3v) is 4.02. The second-order valence-electron chi connectivity index (χ2n) is 5.82. The largest absolute Gasteiger partial charge is 0.390 e. The zero-order valence-electron chi connectivity index (χ0n) is 13.2. The number of aromatic nitrogens is 2. The van der Waals surface area contributed by atoms with E-state index >= 15 is 0 Å². The van der Waals surface area contributed by atoms with Gasteiger partial charge in [-0.25, -0.2) is 0 Å². The Labute approximate surface area is 139 Å². The molecular weight excluding hydrogens is 312 g/mol. The maximum absolute atomic E-state index is 10.7. The molecule has 0 saturated carbocycles. The van der Waals surface area contributed by atoms with Crippen LogP contribution in [0.4, 0.5) is 5.69 Å². The van der Waals surface area contributed by atoms with Crippen LogP contribution >= 0.6 is 0 Å². The number of aliphatic hydroxyl groups is 1. The van der Waals surface area contributed by atoms with Gasteiger partial charge < -0.3 is 9.84 Å². The van der Waals surface area contributed by atoms with E-state index in [-0.39, 0.29) is 5.69 Å². The smallest absolute Gasteiger partial charge is 0.269 e. The summed E-state index contributed by atoms with van der Waals surface area (Å²) in [5, 5.41) is 25.2. The number of nitro groups is 1. The molecule has 1 aliphatic rings. The molecule has 0 spiro atoms. The van der Waals surface area contributed by atoms with Gasteiger partial charge in [0.05, 0.1) is 37.0 Å². The molecule has 1 atom stereocenters. The van der Waals surface area contributed by atoms with Crippen LogP contribution in [0, 0.1) is 10.1 Å². The molecule has 128 valence electrons. The maximum Gasteiger partial charge on any atom is 0.269 e. The van der Waals surface area contributed by atoms with Crippen molar-refractivity contribution >= 4 is 5.69 Å². The van der Waals surface area contributed by atoms with E-state index in [0.29, 0.717) is 26.3 Å². The topological polar surface area (TPSA) is 93.7 Å². The Balaban J connectivity index is 1.59. The SMILES string of the molecule is O=[N+]([O-])c1ccc(-c2cnn(C[C@@H](O)CN3CCOCC3)c2)cc1. The van der Waals surface area contributed by atoms with E-state index in [1.165, 1.54) is 12.1 Å². The van der Waals surface area contributed by atoms with Gasteiger partial charge in [0, 0.05) is 43.5 Å². The standard InChI is InChI=1S/C16H20N4O4/c21-16(11-18-5-7-24-8-6-18)12-19-10-14(9-17-19)13-1-3-15(4-2-13)20(22)23/h1-4,9-10,16,21H,5-8,11-12H2/t16-/m0/s1. The van der Waals surface area contributed by atoms with Crippen molar-refractivity contribution < 1.29 is 14.8 Å². The van der Waals surface area contributed by atoms with E-state index < -0.39 is 11.0 Å². The minimum Gasteiger partial charge on any atom is -0.390 e. The Hall–Kier alpha value is -2.29. The third kappa shape index (κ3) is 4.16. The average molecular weight is 332 g/mol. The molecule has 0 amide bonds. The zero-order valence-corrected chi connectivity index (χ0v) is 13.2. The van der Waals surface area contributed by atoms with Gasteiger partial charge in [0.1, 0.15) is 0 Å². The first-order valence-electron chi connectivity index (χ1n) is 7.87. The van der Waals surface area contributed by atoms with Crippen LogP contribution in [0.2, 0.25) is 0 Å². The number of nitrogens with zero attached hydrogens (tertiary/aromatic N) is 4. The fourth-order valence-corrected chi connectivity index (χ4v) is 2.74. The lowest BCUT2D eigenvalue weighted by atomic mass is 10.1. The van der Waals surface area contributed by atoms with Crippen LogP contribution in [0.3, 0.4) is 0 Å². The monoisotopic (exact) mass is 332 g/mol. The summed E-state index contributed by atoms with van der Waals surface area (Å²) in [5.41, 5.74) is 1.78. The van der Waals surface area contributed by atoms with Crippen LogP contribution in [0.1, 0.15) is 0 Å². The van der Waals surface area contributed by atoms with Crippen LogP contribution in [0.15, 0.2) is 36.7 Å². The van der Waals surface area contributed by atoms with E-state index in [9.17, 15) is 15.2 Å². The Kier molecular flexibility index (Phi) is 5.19. The number of nitro benzene ring substituents is 1. The number of morpholine rings is 1. The molecule has 1 saturated heterocycles. The first kappa shape index (κ1) is 16.6. The van der Waals surface area contributed by atoms with E-state index in [0.717, 1.165) is 24.2 Å². The lowest BCUT2D eigenvalue weighted by Gasteiger charge is -2.28. The summed E-state index contributed by atoms with van der Waals surface area (Å²) >= 11 is 0. The van der Waals surface area contributed by atoms with E-state index in [4.69, 9.17) is 4.74 Å². The van der Waals surface area contributed by atoms with Gasteiger partial charge in [-0.2, -0.15) is 5.10 Å². The maximum atomic E-state index is 10.7. The second-order valence-corrected chi connectivity index (χ2v) is 5.82. The summed E-state index contributed by atoms with van der Waals surface area (Å²) in [7, 11) is 0. The van der Waals surface area contributed by atoms with Crippen molar-refractivity contribution in [2.45, 2.75) is 12.6 Å². The number of rotatable bonds is 6. The van der Waals surface area contributed by atoms with Gasteiger partial charge >= 0.3 is 0 Å². The lowest BCUT2D eigenvalue weighted by Crippen LogP contribution is -2.42. The van der Waals surface area contributed by atoms with Gasteiger partial charge in [-0.15, -0.1) is 0 Å². The summed E-state index contributed by atoms with van der Waals surface area (Å²) in [6, 6.07) is 6.34. The van der Waals surface area contributed by atoms with Crippen molar-refractivity contribution in [1.29, 1.82) is 0 Å². The number of hydrogen-bond acceptors (Lipinski definition) is 6. The number of aliphatic hydroxyl groups excluding tert-OH is 1. The second kappa shape index (κ2) is 7.52. The fraction of sp³-hybridized carbons (Fsp3) is 0.438. The quantitative estimate of drug-likeness (QED) is 0.630. The molecule has 0 aliphatic carbocycles. The molecule has 0 radical (unpaired) electrons. The van der Waals surface area contributed by atoms with Crippen LogP contribution in [-0.4, -0.2) is 63.7 Å². The van der Waals surface area contributed by atoms with Crippen LogP contribution in [-0.2, 0) is 11.3 Å². The van der Waals surface area contributed by atoms with Crippen molar-refractivity contribution in [1.82, 2.24) is 14.7 Å². The highest BCUT2D eigenvalue weighted by Gasteiger charge is 2.16. The molecule has 8 nitrogen and oxygen atoms in total. The number of β-amino-alcohol motifs (C(OH)–C–C–N with tert-alkyl or cyclic N) is 1. The highest BCUT2D eigenvalue weighted by molar-refractivity contribution is 5.63. The molecule has 1 N–H and O–H groups in total. The Morgan fingerprint density at radius 2 is 1.92 bits per heavy atom. The molecule has 1 aliphatic heterocycles. The van der Waals surface area contributed by atoms with Gasteiger partial charge in [0.15, 0.2) is 0 Å². The Morgan fingerprint density at radius 1 is 1.21 bits per heavy atom. The molecule has 1 aromatic carbocycles. The molecular formula is C16H20N4O4. The molecule has 2 heterocycles. The number of benzene rings is 1. The number of hydrogen-bond donors (Lipinski definition) is 1. The third-order valence-electron chi connectivity index (χ3n) is 4.02. The van der Waals surface area contributed by atoms with Crippen LogP contribution in [0.25, 0.3) is 11.1 Å². The summed E-state index contributed by atoms with van der Waals surface area (Å²) in [5.74, 6) is 0. The molecule has 1 aromatic heterocycles. The van der Waals surface area contributed by atoms with E-state index in [1.54, 1.807) is 23.0 Å². The van der Waals surface area contributed by atoms with Crippen molar-refractivity contribution in [3.8, 4) is 11.1 Å². The molecule has 24 heavy (non-hydrogen) atoms. The minimum absolute atomic E-state index is 0.0621. The summed E-state index contributed by atoms with van der Waals surface area (Å²) < 4.78 is 6.99. The highest BCUT2D eigenvalue weighted by atomic mass is 16.6. The van der Waals surface area contributed by atoms with Crippen LogP contribution < -0.4 is 0 Å². The normalized spacial score (nSPS) is 16.9. The predicted octanol–water partition coefficient (Wildman–Crippen LogP) is 1.15. The van der Waals surface area contributed by atoms with Crippen molar-refractivity contribution in [2.75, 3.05) is 32.8 Å². The fourth-order valence-electron chi connectivity index (χ4n) is 2.74. The van der Waals surface area contributed by atoms with Gasteiger partial charge in [-0.3, -0.25) is 19.7 Å². The minimum atomic E-state index is -0.507. The number of non-ortho nitro benzene ring substituents is 1. The summed E-state index contributed by atoms with van der Waals surface area (Å²) in [4.78, 5) is 12.4. The Bertz CT molecular complexity index is 680. The van der Waals surface area contributed by atoms with Crippen molar-refractivity contribution in [2.24, 2.45) is 0 Å². The first-order chi connectivity index (χ1) is 11.6. The van der Waals surface area contributed by atoms with Gasteiger partial charge in [0.25, 0.3) is 5.69 Å². The van der Waals surface area contributed by atoms with E-state index in [1.807, 2.05) is 6.20 Å². The molecule has 2 aromatic rings. The lowest BCUT2D eigenvalue weighted by molar-refractivity contribution is -0.384. The predicted molar refractivity (Wildman–Crippen MR) is 87.6 cm³/mol. The molecule has 8 heteroatoms. The first-order valence-corrected chi connectivity index (χ1v) is 7.87. The summed E-state index contributed by atoms with van der Waals surface area (Å²) in [6.07, 6.45) is 3.03. The number of ether oxygens (including phenoxy) is 1. The zero-order chi connectivity index (χ0) is 16.9. The highest BCUT2D eigenvalue weighted by Crippen LogP contribution is 2.21. The van der Waals surface area contributed by atoms with Gasteiger partial charge in [0.2, 0.25) is 0 Å². The van der Waals surface area contributed by atoms with Crippen LogP contribution in [0.5, 0.6) is 0 Å². The molecule has 1 fully saturated rings.